The van der Waals surface area contributed by atoms with Gasteiger partial charge in [-0.15, -0.1) is 0 Å². The molecule has 0 amide bonds. The van der Waals surface area contributed by atoms with E-state index in [1.165, 1.54) is 14.2 Å². The highest BCUT2D eigenvalue weighted by molar-refractivity contribution is 6.75. The molecule has 28 heavy (non-hydrogen) atoms. The standard InChI is InChI=1S/C20H17BN2O5/c1-26-19(24)16-14-9-11(18(28-14)17(16)20(25)27-2)21-22-12-7-3-5-10-6-4-8-13(23-21)15(10)12/h3-9,14,18,22-23H,1-2H3/t14-,18+/m0/s1. The zero-order valence-electron chi connectivity index (χ0n) is 15.3. The van der Waals surface area contributed by atoms with E-state index < -0.39 is 24.1 Å². The molecule has 3 aliphatic rings. The molecule has 0 aliphatic carbocycles. The van der Waals surface area contributed by atoms with Crippen molar-refractivity contribution in [3.05, 3.63) is 59.1 Å². The first kappa shape index (κ1) is 16.9. The summed E-state index contributed by atoms with van der Waals surface area (Å²) in [5.41, 5.74) is 3.25. The number of carbonyl (C=O) groups excluding carboxylic acids is 2. The van der Waals surface area contributed by atoms with E-state index in [1.54, 1.807) is 0 Å². The highest BCUT2D eigenvalue weighted by Gasteiger charge is 2.51. The minimum atomic E-state index is -0.666. The molecule has 0 unspecified atom stereocenters. The number of ether oxygens (including phenoxy) is 3. The molecule has 7 nitrogen and oxygen atoms in total. The van der Waals surface area contributed by atoms with Crippen molar-refractivity contribution in [1.29, 1.82) is 0 Å². The summed E-state index contributed by atoms with van der Waals surface area (Å²) in [6.07, 6.45) is 0.571. The predicted molar refractivity (Wildman–Crippen MR) is 105 cm³/mol. The van der Waals surface area contributed by atoms with Crippen molar-refractivity contribution in [1.82, 2.24) is 0 Å². The van der Waals surface area contributed by atoms with Gasteiger partial charge in [0.05, 0.1) is 25.4 Å². The van der Waals surface area contributed by atoms with Crippen molar-refractivity contribution in [2.75, 3.05) is 24.7 Å². The lowest BCUT2D eigenvalue weighted by atomic mass is 9.61. The molecule has 2 atom stereocenters. The van der Waals surface area contributed by atoms with Gasteiger partial charge in [0.1, 0.15) is 12.2 Å². The summed E-state index contributed by atoms with van der Waals surface area (Å²) < 4.78 is 15.7. The first-order valence-corrected chi connectivity index (χ1v) is 8.95. The molecule has 2 aromatic carbocycles. The highest BCUT2D eigenvalue weighted by atomic mass is 16.5. The second-order valence-corrected chi connectivity index (χ2v) is 6.84. The number of nitrogens with one attached hydrogen (secondary N) is 2. The Labute approximate surface area is 161 Å². The molecule has 140 valence electrons. The van der Waals surface area contributed by atoms with Crippen LogP contribution < -0.4 is 10.5 Å². The maximum absolute atomic E-state index is 12.4. The monoisotopic (exact) mass is 376 g/mol. The number of hydrogen-bond donors (Lipinski definition) is 2. The van der Waals surface area contributed by atoms with Gasteiger partial charge in [0.2, 0.25) is 0 Å². The zero-order valence-corrected chi connectivity index (χ0v) is 15.3. The summed E-state index contributed by atoms with van der Waals surface area (Å²) in [4.78, 5) is 24.6. The van der Waals surface area contributed by atoms with Gasteiger partial charge in [0.25, 0.3) is 0 Å². The Morgan fingerprint density at radius 3 is 2.18 bits per heavy atom. The molecular weight excluding hydrogens is 359 g/mol. The average Bonchev–Trinajstić information content (AvgIpc) is 3.32. The summed E-state index contributed by atoms with van der Waals surface area (Å²) in [7, 11) is 2.57. The number of methoxy groups -OCH3 is 2. The van der Waals surface area contributed by atoms with Crippen LogP contribution in [-0.4, -0.2) is 45.3 Å². The van der Waals surface area contributed by atoms with Gasteiger partial charge in [-0.3, -0.25) is 0 Å². The summed E-state index contributed by atoms with van der Waals surface area (Å²) >= 11 is 0. The van der Waals surface area contributed by atoms with Crippen LogP contribution in [0.5, 0.6) is 0 Å². The normalized spacial score (nSPS) is 21.9. The van der Waals surface area contributed by atoms with Crippen LogP contribution in [0.2, 0.25) is 0 Å². The second-order valence-electron chi connectivity index (χ2n) is 6.84. The van der Waals surface area contributed by atoms with E-state index in [0.717, 1.165) is 27.6 Å². The Kier molecular flexibility index (Phi) is 3.70. The van der Waals surface area contributed by atoms with Crippen LogP contribution in [0.15, 0.2) is 59.1 Å². The van der Waals surface area contributed by atoms with Crippen molar-refractivity contribution in [2.45, 2.75) is 12.2 Å². The molecule has 3 heterocycles. The number of fused-ring (bicyclic) bond motifs is 2. The minimum Gasteiger partial charge on any atom is -0.466 e. The summed E-state index contributed by atoms with van der Waals surface area (Å²) in [6.45, 7) is -0.283. The molecule has 0 saturated carbocycles. The fourth-order valence-electron chi connectivity index (χ4n) is 4.21. The lowest BCUT2D eigenvalue weighted by molar-refractivity contribution is -0.139. The van der Waals surface area contributed by atoms with E-state index in [1.807, 2.05) is 30.3 Å². The third-order valence-corrected chi connectivity index (χ3v) is 5.41. The fraction of sp³-hybridized carbons (Fsp3) is 0.200. The molecule has 2 aromatic rings. The van der Waals surface area contributed by atoms with Crippen molar-refractivity contribution in [3.8, 4) is 0 Å². The second kappa shape index (κ2) is 6.14. The SMILES string of the molecule is COC(=O)C1=C(C(=O)OC)[C@@H]2C=C(B3Nc4cccc5cccc(c45)N3)[C@H]1O2. The average molecular weight is 376 g/mol. The molecule has 5 rings (SSSR count). The van der Waals surface area contributed by atoms with Crippen molar-refractivity contribution >= 4 is 41.1 Å². The lowest BCUT2D eigenvalue weighted by Crippen LogP contribution is -2.43. The Morgan fingerprint density at radius 1 is 0.964 bits per heavy atom. The lowest BCUT2D eigenvalue weighted by Gasteiger charge is -2.29. The molecular formula is C20H17BN2O5. The van der Waals surface area contributed by atoms with Crippen molar-refractivity contribution < 1.29 is 23.8 Å². The van der Waals surface area contributed by atoms with Gasteiger partial charge in [-0.1, -0.05) is 30.3 Å². The molecule has 0 aromatic heterocycles. The first-order chi connectivity index (χ1) is 13.6. The van der Waals surface area contributed by atoms with Crippen LogP contribution >= 0.6 is 0 Å². The summed E-state index contributed by atoms with van der Waals surface area (Å²) in [6, 6.07) is 12.2. The molecule has 2 bridgehead atoms. The molecule has 0 radical (unpaired) electrons. The van der Waals surface area contributed by atoms with Crippen LogP contribution in [0.1, 0.15) is 0 Å². The van der Waals surface area contributed by atoms with E-state index in [4.69, 9.17) is 14.2 Å². The third-order valence-electron chi connectivity index (χ3n) is 5.41. The maximum atomic E-state index is 12.4. The number of anilines is 2. The van der Waals surface area contributed by atoms with Crippen LogP contribution in [0.25, 0.3) is 10.8 Å². The van der Waals surface area contributed by atoms with Crippen LogP contribution in [0.3, 0.4) is 0 Å². The van der Waals surface area contributed by atoms with Gasteiger partial charge in [0.15, 0.2) is 0 Å². The van der Waals surface area contributed by atoms with E-state index in [-0.39, 0.29) is 18.1 Å². The summed E-state index contributed by atoms with van der Waals surface area (Å²) in [5, 5.41) is 9.20. The number of hydrogen-bond acceptors (Lipinski definition) is 7. The predicted octanol–water partition coefficient (Wildman–Crippen LogP) is 2.05. The van der Waals surface area contributed by atoms with Crippen LogP contribution in [-0.2, 0) is 23.8 Å². The van der Waals surface area contributed by atoms with E-state index in [0.29, 0.717) is 0 Å². The zero-order chi connectivity index (χ0) is 19.4. The largest absolute Gasteiger partial charge is 0.466 e. The van der Waals surface area contributed by atoms with Gasteiger partial charge in [-0.2, -0.15) is 0 Å². The first-order valence-electron chi connectivity index (χ1n) is 8.95. The molecule has 2 N–H and O–H groups in total. The van der Waals surface area contributed by atoms with Gasteiger partial charge in [-0.05, 0) is 23.0 Å². The quantitative estimate of drug-likeness (QED) is 0.627. The van der Waals surface area contributed by atoms with Crippen molar-refractivity contribution in [3.63, 3.8) is 0 Å². The summed E-state index contributed by atoms with van der Waals surface area (Å²) in [5.74, 6) is -1.17. The molecule has 0 saturated heterocycles. The van der Waals surface area contributed by atoms with E-state index in [9.17, 15) is 9.59 Å². The van der Waals surface area contributed by atoms with Gasteiger partial charge in [-0.25, -0.2) is 9.59 Å². The third kappa shape index (κ3) is 2.28. The number of esters is 2. The highest BCUT2D eigenvalue weighted by Crippen LogP contribution is 2.43. The van der Waals surface area contributed by atoms with Gasteiger partial charge >= 0.3 is 18.9 Å². The number of rotatable bonds is 3. The molecule has 0 fully saturated rings. The van der Waals surface area contributed by atoms with E-state index in [2.05, 4.69) is 22.6 Å². The van der Waals surface area contributed by atoms with E-state index >= 15 is 0 Å². The van der Waals surface area contributed by atoms with Gasteiger partial charge < -0.3 is 24.7 Å². The van der Waals surface area contributed by atoms with Crippen molar-refractivity contribution in [2.24, 2.45) is 0 Å². The fourth-order valence-corrected chi connectivity index (χ4v) is 4.21. The van der Waals surface area contributed by atoms with Crippen LogP contribution in [0.4, 0.5) is 11.4 Å². The van der Waals surface area contributed by atoms with Gasteiger partial charge in [0, 0.05) is 16.8 Å². The smallest absolute Gasteiger partial charge is 0.404 e. The Hall–Kier alpha value is -3.26. The topological polar surface area (TPSA) is 85.9 Å². The minimum absolute atomic E-state index is 0.206. The Bertz CT molecular complexity index is 1050. The number of benzene rings is 2. The molecule has 0 spiro atoms. The Balaban J connectivity index is 1.52. The number of carbonyl (C=O) groups is 2. The van der Waals surface area contributed by atoms with Crippen LogP contribution in [0, 0.1) is 0 Å². The Morgan fingerprint density at radius 2 is 1.57 bits per heavy atom. The maximum Gasteiger partial charge on any atom is 0.404 e. The molecule has 3 aliphatic heterocycles. The molecule has 8 heteroatoms.